The first-order valence-corrected chi connectivity index (χ1v) is 4.03. The zero-order valence-corrected chi connectivity index (χ0v) is 7.02. The van der Waals surface area contributed by atoms with Crippen molar-refractivity contribution in [2.75, 3.05) is 0 Å². The molecule has 3 heteroatoms. The quantitative estimate of drug-likeness (QED) is 0.655. The molecule has 0 aliphatic heterocycles. The van der Waals surface area contributed by atoms with E-state index in [1.807, 2.05) is 0 Å². The van der Waals surface area contributed by atoms with E-state index in [2.05, 4.69) is 0 Å². The standard InChI is InChI=1S/C10H9F2O/c11-9-6-3-5-8(10(9)12)4-1-2-7-13/h3,5-6H,1-2,4H2. The van der Waals surface area contributed by atoms with Crippen molar-refractivity contribution in [3.8, 4) is 0 Å². The lowest BCUT2D eigenvalue weighted by atomic mass is 10.1. The summed E-state index contributed by atoms with van der Waals surface area (Å²) in [4.78, 5) is 9.85. The maximum Gasteiger partial charge on any atom is 0.198 e. The minimum absolute atomic E-state index is 0.260. The van der Waals surface area contributed by atoms with Crippen LogP contribution in [0.3, 0.4) is 0 Å². The fourth-order valence-electron chi connectivity index (χ4n) is 1.09. The molecule has 1 aromatic rings. The predicted molar refractivity (Wildman–Crippen MR) is 45.0 cm³/mol. The van der Waals surface area contributed by atoms with Crippen LogP contribution >= 0.6 is 0 Å². The van der Waals surface area contributed by atoms with Gasteiger partial charge < -0.3 is 0 Å². The van der Waals surface area contributed by atoms with Crippen molar-refractivity contribution in [1.29, 1.82) is 0 Å². The molecule has 0 aliphatic carbocycles. The van der Waals surface area contributed by atoms with Gasteiger partial charge in [-0.05, 0) is 24.5 Å². The van der Waals surface area contributed by atoms with Crippen LogP contribution in [-0.2, 0) is 11.2 Å². The fourth-order valence-corrected chi connectivity index (χ4v) is 1.09. The van der Waals surface area contributed by atoms with Crippen LogP contribution in [0.2, 0.25) is 0 Å². The van der Waals surface area contributed by atoms with Crippen LogP contribution in [0, 0.1) is 11.6 Å². The SMILES string of the molecule is O=[C]CCCc1cccc(F)c1F. The molecule has 1 nitrogen and oxygen atoms in total. The third-order valence-electron chi connectivity index (χ3n) is 1.76. The summed E-state index contributed by atoms with van der Waals surface area (Å²) in [7, 11) is 0. The Morgan fingerprint density at radius 1 is 1.31 bits per heavy atom. The third kappa shape index (κ3) is 2.61. The molecule has 69 valence electrons. The van der Waals surface area contributed by atoms with Gasteiger partial charge in [-0.15, -0.1) is 0 Å². The number of unbranched alkanes of at least 4 members (excludes halogenated alkanes) is 1. The molecular formula is C10H9F2O. The number of aryl methyl sites for hydroxylation is 1. The molecule has 0 aliphatic rings. The van der Waals surface area contributed by atoms with Gasteiger partial charge in [0.1, 0.15) is 0 Å². The largest absolute Gasteiger partial charge is 0.291 e. The highest BCUT2D eigenvalue weighted by Crippen LogP contribution is 2.13. The topological polar surface area (TPSA) is 17.1 Å². The Morgan fingerprint density at radius 3 is 2.77 bits per heavy atom. The second-order valence-electron chi connectivity index (χ2n) is 2.71. The second kappa shape index (κ2) is 4.70. The molecule has 0 unspecified atom stereocenters. The van der Waals surface area contributed by atoms with Crippen LogP contribution in [0.15, 0.2) is 18.2 Å². The highest BCUT2D eigenvalue weighted by Gasteiger charge is 2.06. The van der Waals surface area contributed by atoms with Crippen molar-refractivity contribution < 1.29 is 13.6 Å². The summed E-state index contributed by atoms with van der Waals surface area (Å²) >= 11 is 0. The van der Waals surface area contributed by atoms with Crippen LogP contribution in [0.25, 0.3) is 0 Å². The minimum Gasteiger partial charge on any atom is -0.291 e. The molecule has 0 N–H and O–H groups in total. The molecular weight excluding hydrogens is 174 g/mol. The number of rotatable bonds is 4. The Hall–Kier alpha value is -1.25. The van der Waals surface area contributed by atoms with E-state index in [0.717, 1.165) is 6.07 Å². The molecule has 1 rings (SSSR count). The maximum atomic E-state index is 13.0. The van der Waals surface area contributed by atoms with Crippen LogP contribution in [0.4, 0.5) is 8.78 Å². The molecule has 0 fully saturated rings. The minimum atomic E-state index is -0.840. The molecule has 0 saturated carbocycles. The molecule has 13 heavy (non-hydrogen) atoms. The molecule has 0 bridgehead atoms. The summed E-state index contributed by atoms with van der Waals surface area (Å²) in [5.74, 6) is -1.65. The van der Waals surface area contributed by atoms with Gasteiger partial charge in [0.15, 0.2) is 17.9 Å². The average Bonchev–Trinajstić information content (AvgIpc) is 2.13. The van der Waals surface area contributed by atoms with Gasteiger partial charge in [0.2, 0.25) is 0 Å². The van der Waals surface area contributed by atoms with E-state index in [0.29, 0.717) is 18.4 Å². The van der Waals surface area contributed by atoms with Gasteiger partial charge in [0.25, 0.3) is 0 Å². The summed E-state index contributed by atoms with van der Waals surface area (Å²) in [6.07, 6.45) is 2.84. The van der Waals surface area contributed by atoms with Gasteiger partial charge in [-0.25, -0.2) is 8.78 Å². The molecule has 0 heterocycles. The Bertz CT molecular complexity index is 297. The van der Waals surface area contributed by atoms with E-state index in [1.54, 1.807) is 6.29 Å². The summed E-state index contributed by atoms with van der Waals surface area (Å²) < 4.78 is 25.6. The molecule has 0 amide bonds. The van der Waals surface area contributed by atoms with E-state index < -0.39 is 11.6 Å². The monoisotopic (exact) mass is 183 g/mol. The zero-order chi connectivity index (χ0) is 9.68. The molecule has 0 spiro atoms. The molecule has 0 saturated heterocycles. The van der Waals surface area contributed by atoms with Crippen molar-refractivity contribution in [2.45, 2.75) is 19.3 Å². The van der Waals surface area contributed by atoms with Crippen LogP contribution in [0.5, 0.6) is 0 Å². The third-order valence-corrected chi connectivity index (χ3v) is 1.76. The number of hydrogen-bond donors (Lipinski definition) is 0. The van der Waals surface area contributed by atoms with Gasteiger partial charge in [0.05, 0.1) is 0 Å². The molecule has 0 atom stereocenters. The van der Waals surface area contributed by atoms with E-state index in [1.165, 1.54) is 12.1 Å². The van der Waals surface area contributed by atoms with Crippen molar-refractivity contribution >= 4 is 6.29 Å². The average molecular weight is 183 g/mol. The van der Waals surface area contributed by atoms with Gasteiger partial charge in [-0.1, -0.05) is 12.1 Å². The molecule has 0 aromatic heterocycles. The van der Waals surface area contributed by atoms with Crippen LogP contribution in [0.1, 0.15) is 18.4 Å². The van der Waals surface area contributed by atoms with E-state index in [9.17, 15) is 13.6 Å². The lowest BCUT2D eigenvalue weighted by molar-refractivity contribution is 0.497. The Morgan fingerprint density at radius 2 is 2.08 bits per heavy atom. The molecule has 1 aromatic carbocycles. The van der Waals surface area contributed by atoms with Gasteiger partial charge in [0, 0.05) is 6.42 Å². The van der Waals surface area contributed by atoms with Crippen molar-refractivity contribution in [2.24, 2.45) is 0 Å². The first kappa shape index (κ1) is 9.84. The van der Waals surface area contributed by atoms with Gasteiger partial charge >= 0.3 is 0 Å². The highest BCUT2D eigenvalue weighted by molar-refractivity contribution is 5.50. The lowest BCUT2D eigenvalue weighted by Gasteiger charge is -2.01. The van der Waals surface area contributed by atoms with E-state index in [4.69, 9.17) is 0 Å². The van der Waals surface area contributed by atoms with Crippen molar-refractivity contribution in [3.05, 3.63) is 35.4 Å². The summed E-state index contributed by atoms with van der Waals surface area (Å²) in [5.41, 5.74) is 0.315. The Kier molecular flexibility index (Phi) is 3.55. The van der Waals surface area contributed by atoms with Gasteiger partial charge in [-0.2, -0.15) is 0 Å². The Labute approximate surface area is 75.4 Å². The maximum absolute atomic E-state index is 13.0. The predicted octanol–water partition coefficient (Wildman–Crippen LogP) is 2.40. The number of hydrogen-bond acceptors (Lipinski definition) is 1. The van der Waals surface area contributed by atoms with Gasteiger partial charge in [-0.3, -0.25) is 4.79 Å². The Balaban J connectivity index is 2.65. The molecule has 1 radical (unpaired) electrons. The number of benzene rings is 1. The number of halogens is 2. The van der Waals surface area contributed by atoms with Crippen LogP contribution < -0.4 is 0 Å². The van der Waals surface area contributed by atoms with E-state index >= 15 is 0 Å². The number of carbonyl (C=O) groups excluding carboxylic acids is 1. The summed E-state index contributed by atoms with van der Waals surface area (Å²) in [6, 6.07) is 4.05. The van der Waals surface area contributed by atoms with Crippen molar-refractivity contribution in [1.82, 2.24) is 0 Å². The smallest absolute Gasteiger partial charge is 0.198 e. The fraction of sp³-hybridized carbons (Fsp3) is 0.300. The normalized spacial score (nSPS) is 10.0. The lowest BCUT2D eigenvalue weighted by Crippen LogP contribution is -1.94. The van der Waals surface area contributed by atoms with Crippen LogP contribution in [-0.4, -0.2) is 6.29 Å². The zero-order valence-electron chi connectivity index (χ0n) is 7.02. The first-order valence-electron chi connectivity index (χ1n) is 4.03. The van der Waals surface area contributed by atoms with E-state index in [-0.39, 0.29) is 6.42 Å². The summed E-state index contributed by atoms with van der Waals surface area (Å²) in [6.45, 7) is 0. The highest BCUT2D eigenvalue weighted by atomic mass is 19.2. The first-order chi connectivity index (χ1) is 6.25. The van der Waals surface area contributed by atoms with Crippen molar-refractivity contribution in [3.63, 3.8) is 0 Å². The second-order valence-corrected chi connectivity index (χ2v) is 2.71. The summed E-state index contributed by atoms with van der Waals surface area (Å²) in [5, 5.41) is 0.